The van der Waals surface area contributed by atoms with Crippen LogP contribution in [-0.2, 0) is 5.41 Å². The minimum Gasteiger partial charge on any atom is -0.310 e. The molecule has 10 rings (SSSR count). The Labute approximate surface area is 280 Å². The van der Waals surface area contributed by atoms with Crippen molar-refractivity contribution in [3.8, 4) is 22.3 Å². The third-order valence-electron chi connectivity index (χ3n) is 9.93. The Morgan fingerprint density at radius 1 is 0.413 bits per heavy atom. The number of hydrogen-bond acceptors (Lipinski definition) is 2. The summed E-state index contributed by atoms with van der Waals surface area (Å²) >= 11 is 5.54. The van der Waals surface area contributed by atoms with Crippen molar-refractivity contribution in [3.63, 3.8) is 0 Å². The van der Waals surface area contributed by atoms with Gasteiger partial charge in [0, 0.05) is 41.7 Å². The predicted octanol–water partition coefficient (Wildman–Crippen LogP) is 12.6. The van der Waals surface area contributed by atoms with Gasteiger partial charge in [0.1, 0.15) is 0 Å². The van der Waals surface area contributed by atoms with Gasteiger partial charge in [-0.05, 0) is 99.1 Å². The second kappa shape index (κ2) is 9.77. The molecule has 7 aromatic carbocycles. The van der Waals surface area contributed by atoms with Gasteiger partial charge < -0.3 is 4.90 Å². The zero-order chi connectivity index (χ0) is 30.4. The number of halogens is 1. The molecule has 1 aromatic heterocycles. The Kier molecular flexibility index (Phi) is 5.58. The van der Waals surface area contributed by atoms with E-state index in [-0.39, 0.29) is 5.41 Å². The van der Waals surface area contributed by atoms with Gasteiger partial charge in [0.15, 0.2) is 0 Å². The topological polar surface area (TPSA) is 3.24 Å². The van der Waals surface area contributed by atoms with Crippen molar-refractivity contribution in [1.82, 2.24) is 0 Å². The van der Waals surface area contributed by atoms with Crippen LogP contribution in [0.5, 0.6) is 0 Å². The number of fused-ring (bicyclic) bond motifs is 13. The van der Waals surface area contributed by atoms with Crippen molar-refractivity contribution in [1.29, 1.82) is 0 Å². The highest BCUT2D eigenvalue weighted by atomic mass is 79.9. The van der Waals surface area contributed by atoms with E-state index in [1.165, 1.54) is 64.7 Å². The number of para-hydroxylation sites is 1. The molecule has 1 spiro atoms. The Bertz CT molecular complexity index is 2450. The van der Waals surface area contributed by atoms with E-state index in [9.17, 15) is 0 Å². The van der Waals surface area contributed by atoms with Crippen molar-refractivity contribution >= 4 is 64.5 Å². The van der Waals surface area contributed by atoms with Crippen LogP contribution in [0.3, 0.4) is 0 Å². The van der Waals surface area contributed by atoms with E-state index in [0.717, 1.165) is 21.5 Å². The minimum absolute atomic E-state index is 0.375. The van der Waals surface area contributed by atoms with Crippen LogP contribution >= 0.6 is 27.3 Å². The van der Waals surface area contributed by atoms with Gasteiger partial charge in [-0.15, -0.1) is 11.3 Å². The summed E-state index contributed by atoms with van der Waals surface area (Å²) in [7, 11) is 0. The molecule has 0 saturated heterocycles. The highest BCUT2D eigenvalue weighted by molar-refractivity contribution is 9.10. The predicted molar refractivity (Wildman–Crippen MR) is 198 cm³/mol. The fraction of sp³-hybridized carbons (Fsp3) is 0.0233. The van der Waals surface area contributed by atoms with Gasteiger partial charge in [-0.3, -0.25) is 0 Å². The molecule has 8 aromatic rings. The molecular weight excluding hydrogens is 642 g/mol. The summed E-state index contributed by atoms with van der Waals surface area (Å²) in [5, 5.41) is 2.59. The summed E-state index contributed by atoms with van der Waals surface area (Å²) in [6.07, 6.45) is 0. The van der Waals surface area contributed by atoms with E-state index >= 15 is 0 Å². The summed E-state index contributed by atoms with van der Waals surface area (Å²) in [4.78, 5) is 2.42. The van der Waals surface area contributed by atoms with E-state index in [1.54, 1.807) is 0 Å². The molecule has 0 unspecified atom stereocenters. The second-order valence-electron chi connectivity index (χ2n) is 12.2. The quantitative estimate of drug-likeness (QED) is 0.181. The summed E-state index contributed by atoms with van der Waals surface area (Å²) in [6, 6.07) is 58.5. The number of rotatable bonds is 3. The Morgan fingerprint density at radius 2 is 0.978 bits per heavy atom. The molecule has 2 aliphatic rings. The van der Waals surface area contributed by atoms with Crippen LogP contribution in [0.15, 0.2) is 162 Å². The van der Waals surface area contributed by atoms with Gasteiger partial charge in [-0.1, -0.05) is 119 Å². The molecule has 1 heterocycles. The fourth-order valence-corrected chi connectivity index (χ4v) is 9.60. The average molecular weight is 669 g/mol. The first-order chi connectivity index (χ1) is 22.7. The maximum absolute atomic E-state index is 3.68. The molecule has 3 heteroatoms. The Morgan fingerprint density at radius 3 is 1.65 bits per heavy atom. The van der Waals surface area contributed by atoms with Gasteiger partial charge in [-0.25, -0.2) is 0 Å². The highest BCUT2D eigenvalue weighted by Gasteiger charge is 2.51. The Hall–Kier alpha value is -4.96. The molecule has 216 valence electrons. The van der Waals surface area contributed by atoms with Crippen LogP contribution in [0.1, 0.15) is 22.3 Å². The van der Waals surface area contributed by atoms with E-state index < -0.39 is 0 Å². The molecular formula is C43H26BrNS. The number of anilines is 3. The maximum atomic E-state index is 3.68. The first-order valence-corrected chi connectivity index (χ1v) is 17.2. The van der Waals surface area contributed by atoms with Gasteiger partial charge >= 0.3 is 0 Å². The van der Waals surface area contributed by atoms with E-state index in [2.05, 4.69) is 179 Å². The SMILES string of the molecule is Brc1ccc2sc3cc(N(c4ccccc4)c4ccc5c(c4)C4(c6ccccc6-c6ccccc64)c4ccccc4-5)ccc3c2c1. The van der Waals surface area contributed by atoms with Crippen LogP contribution in [0, 0.1) is 0 Å². The van der Waals surface area contributed by atoms with E-state index in [1.807, 2.05) is 11.3 Å². The van der Waals surface area contributed by atoms with Gasteiger partial charge in [-0.2, -0.15) is 0 Å². The summed E-state index contributed by atoms with van der Waals surface area (Å²) in [6.45, 7) is 0. The molecule has 0 saturated carbocycles. The lowest BCUT2D eigenvalue weighted by molar-refractivity contribution is 0.793. The lowest BCUT2D eigenvalue weighted by Gasteiger charge is -2.32. The lowest BCUT2D eigenvalue weighted by atomic mass is 9.70. The van der Waals surface area contributed by atoms with Crippen LogP contribution in [0.2, 0.25) is 0 Å². The van der Waals surface area contributed by atoms with Crippen LogP contribution < -0.4 is 4.90 Å². The van der Waals surface area contributed by atoms with Crippen LogP contribution in [0.25, 0.3) is 42.4 Å². The zero-order valence-corrected chi connectivity index (χ0v) is 27.1. The monoisotopic (exact) mass is 667 g/mol. The summed E-state index contributed by atoms with van der Waals surface area (Å²) in [5.74, 6) is 0. The molecule has 0 fully saturated rings. The number of benzene rings is 7. The first-order valence-electron chi connectivity index (χ1n) is 15.6. The smallest absolute Gasteiger partial charge is 0.0726 e. The first kappa shape index (κ1) is 26.3. The largest absolute Gasteiger partial charge is 0.310 e. The zero-order valence-electron chi connectivity index (χ0n) is 24.7. The highest BCUT2D eigenvalue weighted by Crippen LogP contribution is 2.63. The summed E-state index contributed by atoms with van der Waals surface area (Å²) in [5.41, 5.74) is 13.8. The second-order valence-corrected chi connectivity index (χ2v) is 14.2. The third-order valence-corrected chi connectivity index (χ3v) is 11.6. The van der Waals surface area contributed by atoms with Crippen molar-refractivity contribution < 1.29 is 0 Å². The number of hydrogen-bond donors (Lipinski definition) is 0. The molecule has 0 bridgehead atoms. The molecule has 0 aliphatic heterocycles. The van der Waals surface area contributed by atoms with Crippen molar-refractivity contribution in [2.45, 2.75) is 5.41 Å². The maximum Gasteiger partial charge on any atom is 0.0726 e. The molecule has 46 heavy (non-hydrogen) atoms. The fourth-order valence-electron chi connectivity index (χ4n) is 8.12. The third kappa shape index (κ3) is 3.50. The molecule has 0 atom stereocenters. The summed E-state index contributed by atoms with van der Waals surface area (Å²) < 4.78 is 3.70. The minimum atomic E-state index is -0.375. The van der Waals surface area contributed by atoms with E-state index in [4.69, 9.17) is 0 Å². The molecule has 0 radical (unpaired) electrons. The molecule has 1 nitrogen and oxygen atoms in total. The lowest BCUT2D eigenvalue weighted by Crippen LogP contribution is -2.26. The van der Waals surface area contributed by atoms with Crippen LogP contribution in [0.4, 0.5) is 17.1 Å². The molecule has 0 amide bonds. The molecule has 0 N–H and O–H groups in total. The van der Waals surface area contributed by atoms with Gasteiger partial charge in [0.05, 0.1) is 5.41 Å². The number of nitrogens with zero attached hydrogens (tertiary/aromatic N) is 1. The van der Waals surface area contributed by atoms with Gasteiger partial charge in [0.25, 0.3) is 0 Å². The number of thiophene rings is 1. The average Bonchev–Trinajstić information content (AvgIpc) is 3.72. The van der Waals surface area contributed by atoms with E-state index in [0.29, 0.717) is 0 Å². The van der Waals surface area contributed by atoms with Gasteiger partial charge in [0.2, 0.25) is 0 Å². The standard InChI is InChI=1S/C43H26BrNS/c44-27-18-23-41-36(24-27)35-22-20-30(26-42(35)46-41)45(28-10-2-1-3-11-28)29-19-21-34-33-14-6-9-17-39(33)43(40(34)25-29)37-15-7-4-12-31(37)32-13-5-8-16-38(32)43/h1-26H. The van der Waals surface area contributed by atoms with Crippen molar-refractivity contribution in [3.05, 3.63) is 184 Å². The van der Waals surface area contributed by atoms with Crippen molar-refractivity contribution in [2.24, 2.45) is 0 Å². The normalized spacial score (nSPS) is 13.5. The molecule has 2 aliphatic carbocycles. The Balaban J connectivity index is 1.24. The van der Waals surface area contributed by atoms with Crippen LogP contribution in [-0.4, -0.2) is 0 Å². The van der Waals surface area contributed by atoms with Crippen molar-refractivity contribution in [2.75, 3.05) is 4.90 Å².